The van der Waals surface area contributed by atoms with Crippen molar-refractivity contribution in [1.82, 2.24) is 4.98 Å². The summed E-state index contributed by atoms with van der Waals surface area (Å²) < 4.78 is 37.8. The second-order valence-electron chi connectivity index (χ2n) is 6.27. The number of carbonyl (C=O) groups is 2. The zero-order valence-electron chi connectivity index (χ0n) is 16.9. The van der Waals surface area contributed by atoms with Gasteiger partial charge in [0.2, 0.25) is 5.91 Å². The van der Waals surface area contributed by atoms with Crippen LogP contribution in [0.4, 0.5) is 19.6 Å². The highest BCUT2D eigenvalue weighted by atomic mass is 32.1. The van der Waals surface area contributed by atoms with E-state index in [-0.39, 0.29) is 16.6 Å². The standard InChI is InChI=1S/C22H18F2N2O4S/c1-13(27)26(19-7-4-14(23)10-18(19)24)22-25-15(12-31-22)5-8-20(28)17-11-16(29-2)6-9-21(17)30-3/h4-12H,1-3H3. The molecule has 0 spiro atoms. The number of carbonyl (C=O) groups excluding carboxylic acids is 2. The van der Waals surface area contributed by atoms with Gasteiger partial charge in [0.25, 0.3) is 0 Å². The van der Waals surface area contributed by atoms with E-state index in [1.165, 1.54) is 39.4 Å². The lowest BCUT2D eigenvalue weighted by molar-refractivity contribution is -0.115. The summed E-state index contributed by atoms with van der Waals surface area (Å²) in [4.78, 5) is 30.1. The van der Waals surface area contributed by atoms with Crippen molar-refractivity contribution in [2.45, 2.75) is 6.92 Å². The zero-order chi connectivity index (χ0) is 22.5. The van der Waals surface area contributed by atoms with Gasteiger partial charge < -0.3 is 9.47 Å². The third-order valence-corrected chi connectivity index (χ3v) is 5.09. The molecule has 9 heteroatoms. The van der Waals surface area contributed by atoms with Crippen molar-refractivity contribution in [2.75, 3.05) is 19.1 Å². The Morgan fingerprint density at radius 2 is 1.87 bits per heavy atom. The zero-order valence-corrected chi connectivity index (χ0v) is 17.7. The number of aromatic nitrogens is 1. The van der Waals surface area contributed by atoms with Gasteiger partial charge in [-0.2, -0.15) is 0 Å². The highest BCUT2D eigenvalue weighted by Crippen LogP contribution is 2.31. The molecule has 0 aliphatic carbocycles. The van der Waals surface area contributed by atoms with Crippen LogP contribution in [0.1, 0.15) is 23.0 Å². The van der Waals surface area contributed by atoms with Crippen LogP contribution >= 0.6 is 11.3 Å². The van der Waals surface area contributed by atoms with E-state index in [9.17, 15) is 18.4 Å². The van der Waals surface area contributed by atoms with Crippen LogP contribution in [0, 0.1) is 11.6 Å². The molecule has 0 bridgehead atoms. The van der Waals surface area contributed by atoms with E-state index < -0.39 is 17.5 Å². The van der Waals surface area contributed by atoms with E-state index in [1.54, 1.807) is 23.6 Å². The molecule has 160 valence electrons. The van der Waals surface area contributed by atoms with Crippen LogP contribution in [0.25, 0.3) is 6.08 Å². The molecule has 3 aromatic rings. The van der Waals surface area contributed by atoms with Crippen LogP contribution in [-0.2, 0) is 4.79 Å². The van der Waals surface area contributed by atoms with Crippen molar-refractivity contribution in [3.63, 3.8) is 0 Å². The molecule has 31 heavy (non-hydrogen) atoms. The monoisotopic (exact) mass is 444 g/mol. The lowest BCUT2D eigenvalue weighted by atomic mass is 10.1. The van der Waals surface area contributed by atoms with Gasteiger partial charge in [-0.1, -0.05) is 0 Å². The maximum absolute atomic E-state index is 14.2. The van der Waals surface area contributed by atoms with Gasteiger partial charge in [0.1, 0.15) is 23.1 Å². The van der Waals surface area contributed by atoms with E-state index in [0.29, 0.717) is 28.8 Å². The van der Waals surface area contributed by atoms with Crippen LogP contribution in [-0.4, -0.2) is 30.9 Å². The molecule has 0 aliphatic rings. The van der Waals surface area contributed by atoms with Gasteiger partial charge in [0.15, 0.2) is 10.9 Å². The number of hydrogen-bond donors (Lipinski definition) is 0. The molecule has 0 N–H and O–H groups in total. The number of anilines is 2. The van der Waals surface area contributed by atoms with E-state index in [4.69, 9.17) is 9.47 Å². The molecule has 0 saturated heterocycles. The van der Waals surface area contributed by atoms with Gasteiger partial charge >= 0.3 is 0 Å². The third-order valence-electron chi connectivity index (χ3n) is 4.24. The van der Waals surface area contributed by atoms with Crippen LogP contribution < -0.4 is 14.4 Å². The summed E-state index contributed by atoms with van der Waals surface area (Å²) in [7, 11) is 2.95. The minimum Gasteiger partial charge on any atom is -0.497 e. The fourth-order valence-electron chi connectivity index (χ4n) is 2.78. The summed E-state index contributed by atoms with van der Waals surface area (Å²) >= 11 is 1.08. The maximum atomic E-state index is 14.2. The molecule has 0 radical (unpaired) electrons. The van der Waals surface area contributed by atoms with E-state index in [0.717, 1.165) is 22.3 Å². The van der Waals surface area contributed by atoms with Crippen molar-refractivity contribution < 1.29 is 27.8 Å². The molecule has 1 amide bonds. The Morgan fingerprint density at radius 1 is 1.10 bits per heavy atom. The number of methoxy groups -OCH3 is 2. The fraction of sp³-hybridized carbons (Fsp3) is 0.136. The number of ether oxygens (including phenoxy) is 2. The Hall–Kier alpha value is -3.59. The lowest BCUT2D eigenvalue weighted by Crippen LogP contribution is -2.23. The smallest absolute Gasteiger partial charge is 0.230 e. The molecule has 6 nitrogen and oxygen atoms in total. The maximum Gasteiger partial charge on any atom is 0.230 e. The molecule has 1 aromatic heterocycles. The largest absolute Gasteiger partial charge is 0.497 e. The topological polar surface area (TPSA) is 68.7 Å². The van der Waals surface area contributed by atoms with Gasteiger partial charge in [-0.3, -0.25) is 14.5 Å². The van der Waals surface area contributed by atoms with Gasteiger partial charge in [-0.15, -0.1) is 11.3 Å². The Kier molecular flexibility index (Phi) is 6.76. The lowest BCUT2D eigenvalue weighted by Gasteiger charge is -2.18. The molecule has 0 aliphatic heterocycles. The fourth-order valence-corrected chi connectivity index (χ4v) is 3.63. The van der Waals surface area contributed by atoms with Crippen LogP contribution in [0.5, 0.6) is 11.5 Å². The van der Waals surface area contributed by atoms with Crippen LogP contribution in [0.15, 0.2) is 47.9 Å². The summed E-state index contributed by atoms with van der Waals surface area (Å²) in [6.45, 7) is 1.25. The average Bonchev–Trinajstić information content (AvgIpc) is 3.21. The van der Waals surface area contributed by atoms with Crippen molar-refractivity contribution in [3.8, 4) is 11.5 Å². The first kappa shape index (κ1) is 22.1. The minimum absolute atomic E-state index is 0.115. The first-order valence-electron chi connectivity index (χ1n) is 8.99. The number of thiazole rings is 1. The molecular weight excluding hydrogens is 426 g/mol. The predicted molar refractivity (Wildman–Crippen MR) is 114 cm³/mol. The Labute approximate surface area is 181 Å². The molecule has 2 aromatic carbocycles. The number of allylic oxidation sites excluding steroid dienone is 1. The van der Waals surface area contributed by atoms with Gasteiger partial charge in [-0.25, -0.2) is 13.8 Å². The average molecular weight is 444 g/mol. The number of halogens is 2. The highest BCUT2D eigenvalue weighted by molar-refractivity contribution is 7.14. The molecule has 0 saturated carbocycles. The molecule has 3 rings (SSSR count). The van der Waals surface area contributed by atoms with Crippen molar-refractivity contribution in [1.29, 1.82) is 0 Å². The summed E-state index contributed by atoms with van der Waals surface area (Å²) in [5.74, 6) is -1.57. The van der Waals surface area contributed by atoms with Gasteiger partial charge in [-0.05, 0) is 42.5 Å². The summed E-state index contributed by atoms with van der Waals surface area (Å²) in [5.41, 5.74) is 0.590. The van der Waals surface area contributed by atoms with Crippen molar-refractivity contribution in [2.24, 2.45) is 0 Å². The number of rotatable bonds is 7. The van der Waals surface area contributed by atoms with E-state index >= 15 is 0 Å². The normalized spacial score (nSPS) is 10.9. The predicted octanol–water partition coefficient (Wildman–Crippen LogP) is 5.02. The second-order valence-corrected chi connectivity index (χ2v) is 7.11. The number of nitrogens with zero attached hydrogens (tertiary/aromatic N) is 2. The molecule has 1 heterocycles. The Balaban J connectivity index is 1.87. The number of benzene rings is 2. The first-order chi connectivity index (χ1) is 14.8. The number of ketones is 1. The Bertz CT molecular complexity index is 1160. The number of hydrogen-bond acceptors (Lipinski definition) is 6. The molecule has 0 atom stereocenters. The number of amides is 1. The van der Waals surface area contributed by atoms with Gasteiger partial charge in [0, 0.05) is 18.4 Å². The Morgan fingerprint density at radius 3 is 2.52 bits per heavy atom. The summed E-state index contributed by atoms with van der Waals surface area (Å²) in [6.07, 6.45) is 2.79. The summed E-state index contributed by atoms with van der Waals surface area (Å²) in [6, 6.07) is 7.79. The van der Waals surface area contributed by atoms with Crippen molar-refractivity contribution >= 4 is 39.9 Å². The summed E-state index contributed by atoms with van der Waals surface area (Å²) in [5, 5.41) is 1.79. The van der Waals surface area contributed by atoms with Crippen LogP contribution in [0.2, 0.25) is 0 Å². The molecule has 0 unspecified atom stereocenters. The van der Waals surface area contributed by atoms with Crippen LogP contribution in [0.3, 0.4) is 0 Å². The highest BCUT2D eigenvalue weighted by Gasteiger charge is 2.21. The van der Waals surface area contributed by atoms with Crippen molar-refractivity contribution in [3.05, 3.63) is 70.7 Å². The van der Waals surface area contributed by atoms with E-state index in [1.807, 2.05) is 0 Å². The van der Waals surface area contributed by atoms with E-state index in [2.05, 4.69) is 4.98 Å². The second kappa shape index (κ2) is 9.48. The quantitative estimate of drug-likeness (QED) is 0.378. The molecule has 0 fully saturated rings. The first-order valence-corrected chi connectivity index (χ1v) is 9.87. The third kappa shape index (κ3) is 4.95. The SMILES string of the molecule is COc1ccc(OC)c(C(=O)C=Cc2csc(N(C(C)=O)c3ccc(F)cc3F)n2)c1. The van der Waals surface area contributed by atoms with Gasteiger partial charge in [0.05, 0.1) is 31.2 Å². The minimum atomic E-state index is -0.886. The molecular formula is C22H18F2N2O4S.